The van der Waals surface area contributed by atoms with Gasteiger partial charge in [0.1, 0.15) is 0 Å². The number of aldehydes is 4. The molecule has 0 heterocycles. The second-order valence-electron chi connectivity index (χ2n) is 6.78. The quantitative estimate of drug-likeness (QED) is 0.256. The summed E-state index contributed by atoms with van der Waals surface area (Å²) in [5.74, 6) is 0. The smallest absolute Gasteiger partial charge is 0.150 e. The van der Waals surface area contributed by atoms with Crippen LogP contribution in [-0.4, -0.2) is 25.1 Å². The molecular weight excluding hydrogens is 352 g/mol. The number of fused-ring (bicyclic) bond motifs is 2. The molecule has 0 bridgehead atoms. The lowest BCUT2D eigenvalue weighted by Crippen LogP contribution is -1.97. The molecule has 0 saturated carbocycles. The molecule has 0 fully saturated rings. The van der Waals surface area contributed by atoms with Crippen molar-refractivity contribution < 1.29 is 19.2 Å². The zero-order valence-corrected chi connectivity index (χ0v) is 14.6. The first-order valence-electron chi connectivity index (χ1n) is 8.74. The minimum atomic E-state index is 0.455. The van der Waals surface area contributed by atoms with Crippen LogP contribution in [0.5, 0.6) is 0 Å². The van der Waals surface area contributed by atoms with E-state index in [1.54, 1.807) is 24.3 Å². The summed E-state index contributed by atoms with van der Waals surface area (Å²) in [6.07, 6.45) is 3.02. The van der Waals surface area contributed by atoms with Crippen LogP contribution in [0.15, 0.2) is 48.5 Å². The van der Waals surface area contributed by atoms with Gasteiger partial charge < -0.3 is 0 Å². The zero-order valence-electron chi connectivity index (χ0n) is 14.6. The molecule has 0 amide bonds. The van der Waals surface area contributed by atoms with E-state index >= 15 is 0 Å². The Morgan fingerprint density at radius 2 is 0.607 bits per heavy atom. The summed E-state index contributed by atoms with van der Waals surface area (Å²) in [5, 5.41) is 6.40. The molecule has 0 saturated heterocycles. The Hall–Kier alpha value is -3.92. The molecule has 5 aromatic rings. The van der Waals surface area contributed by atoms with Gasteiger partial charge in [0, 0.05) is 33.0 Å². The van der Waals surface area contributed by atoms with Crippen molar-refractivity contribution in [2.75, 3.05) is 0 Å². The van der Waals surface area contributed by atoms with Gasteiger partial charge in [-0.15, -0.1) is 0 Å². The van der Waals surface area contributed by atoms with Crippen LogP contribution in [0, 0.1) is 0 Å². The molecule has 4 nitrogen and oxygen atoms in total. The van der Waals surface area contributed by atoms with Gasteiger partial charge >= 0.3 is 0 Å². The average molecular weight is 364 g/mol. The fourth-order valence-corrected chi connectivity index (χ4v) is 4.39. The normalized spacial score (nSPS) is 11.4. The number of carbonyl (C=O) groups excluding carboxylic acids is 4. The van der Waals surface area contributed by atoms with Gasteiger partial charge in [0.25, 0.3) is 0 Å². The van der Waals surface area contributed by atoms with E-state index in [4.69, 9.17) is 0 Å². The second kappa shape index (κ2) is 5.79. The Labute approximate surface area is 158 Å². The molecule has 0 atom stereocenters. The van der Waals surface area contributed by atoms with Crippen LogP contribution in [0.2, 0.25) is 0 Å². The highest BCUT2D eigenvalue weighted by Crippen LogP contribution is 2.43. The summed E-state index contributed by atoms with van der Waals surface area (Å²) in [7, 11) is 0. The maximum atomic E-state index is 11.6. The van der Waals surface area contributed by atoms with E-state index in [-0.39, 0.29) is 0 Å². The predicted octanol–water partition coefficient (Wildman–Crippen LogP) is 4.99. The van der Waals surface area contributed by atoms with Crippen LogP contribution in [0.3, 0.4) is 0 Å². The Bertz CT molecular complexity index is 1260. The summed E-state index contributed by atoms with van der Waals surface area (Å²) in [4.78, 5) is 46.5. The molecular formula is C24H12O4. The van der Waals surface area contributed by atoms with Gasteiger partial charge in [-0.2, -0.15) is 0 Å². The van der Waals surface area contributed by atoms with Gasteiger partial charge in [-0.25, -0.2) is 0 Å². The summed E-state index contributed by atoms with van der Waals surface area (Å²) in [5.41, 5.74) is 1.82. The molecule has 5 aromatic carbocycles. The molecule has 0 spiro atoms. The number of benzene rings is 5. The van der Waals surface area contributed by atoms with Crippen LogP contribution in [-0.2, 0) is 0 Å². The lowest BCUT2D eigenvalue weighted by atomic mass is 9.85. The van der Waals surface area contributed by atoms with E-state index in [2.05, 4.69) is 0 Å². The van der Waals surface area contributed by atoms with Gasteiger partial charge in [0.05, 0.1) is 0 Å². The van der Waals surface area contributed by atoms with Crippen molar-refractivity contribution >= 4 is 68.2 Å². The lowest BCUT2D eigenvalue weighted by molar-refractivity contribution is 0.111. The number of hydrogen-bond acceptors (Lipinski definition) is 4. The van der Waals surface area contributed by atoms with Gasteiger partial charge in [-0.3, -0.25) is 19.2 Å². The minimum absolute atomic E-state index is 0.455. The van der Waals surface area contributed by atoms with Crippen molar-refractivity contribution in [3.63, 3.8) is 0 Å². The average Bonchev–Trinajstić information content (AvgIpc) is 2.76. The van der Waals surface area contributed by atoms with E-state index < -0.39 is 0 Å². The first-order chi connectivity index (χ1) is 13.7. The molecule has 0 unspecified atom stereocenters. The second-order valence-corrected chi connectivity index (χ2v) is 6.78. The standard InChI is InChI=1S/C24H12O4/c25-9-13-1-5-17-18-6-3-15(11-27)22-16(12-28)4-8-20(24(18)22)19-7-2-14(10-26)21(13)23(17)19/h1-12H. The number of carbonyl (C=O) groups is 4. The third kappa shape index (κ3) is 1.89. The molecule has 132 valence electrons. The predicted molar refractivity (Wildman–Crippen MR) is 109 cm³/mol. The van der Waals surface area contributed by atoms with Gasteiger partial charge in [-0.1, -0.05) is 48.5 Å². The summed E-state index contributed by atoms with van der Waals surface area (Å²) in [6.45, 7) is 0. The number of hydrogen-bond donors (Lipinski definition) is 0. The van der Waals surface area contributed by atoms with Crippen LogP contribution >= 0.6 is 0 Å². The van der Waals surface area contributed by atoms with Crippen molar-refractivity contribution in [1.29, 1.82) is 0 Å². The SMILES string of the molecule is O=Cc1ccc2c3ccc(C=O)c4c(C=O)ccc(c5ccc(C=O)c1c25)c43. The largest absolute Gasteiger partial charge is 0.298 e. The molecule has 0 aliphatic rings. The van der Waals surface area contributed by atoms with E-state index in [1.165, 1.54) is 0 Å². The van der Waals surface area contributed by atoms with Gasteiger partial charge in [0.15, 0.2) is 25.1 Å². The Kier molecular flexibility index (Phi) is 3.36. The van der Waals surface area contributed by atoms with E-state index in [1.807, 2.05) is 24.3 Å². The molecule has 0 radical (unpaired) electrons. The highest BCUT2D eigenvalue weighted by molar-refractivity contribution is 6.36. The van der Waals surface area contributed by atoms with E-state index in [0.717, 1.165) is 57.5 Å². The molecule has 5 rings (SSSR count). The molecule has 4 heteroatoms. The van der Waals surface area contributed by atoms with Crippen molar-refractivity contribution in [3.05, 3.63) is 70.8 Å². The van der Waals surface area contributed by atoms with Crippen molar-refractivity contribution in [3.8, 4) is 0 Å². The fraction of sp³-hybridized carbons (Fsp3) is 0. The molecule has 0 aromatic heterocycles. The zero-order chi connectivity index (χ0) is 19.4. The van der Waals surface area contributed by atoms with Gasteiger partial charge in [0.2, 0.25) is 0 Å². The molecule has 28 heavy (non-hydrogen) atoms. The first-order valence-corrected chi connectivity index (χ1v) is 8.74. The number of rotatable bonds is 4. The molecule has 0 N–H and O–H groups in total. The molecule has 0 aliphatic carbocycles. The lowest BCUT2D eigenvalue weighted by Gasteiger charge is -2.17. The maximum Gasteiger partial charge on any atom is 0.150 e. The Morgan fingerprint density at radius 1 is 0.357 bits per heavy atom. The van der Waals surface area contributed by atoms with Crippen LogP contribution < -0.4 is 0 Å². The minimum Gasteiger partial charge on any atom is -0.298 e. The Balaban J connectivity index is 2.21. The fourth-order valence-electron chi connectivity index (χ4n) is 4.39. The monoisotopic (exact) mass is 364 g/mol. The first kappa shape index (κ1) is 16.3. The van der Waals surface area contributed by atoms with Crippen LogP contribution in [0.25, 0.3) is 43.1 Å². The third-order valence-corrected chi connectivity index (χ3v) is 5.54. The van der Waals surface area contributed by atoms with Crippen LogP contribution in [0.1, 0.15) is 41.4 Å². The van der Waals surface area contributed by atoms with E-state index in [9.17, 15) is 19.2 Å². The summed E-state index contributed by atoms with van der Waals surface area (Å²) < 4.78 is 0. The van der Waals surface area contributed by atoms with Gasteiger partial charge in [-0.05, 0) is 32.3 Å². The highest BCUT2D eigenvalue weighted by atomic mass is 16.1. The highest BCUT2D eigenvalue weighted by Gasteiger charge is 2.19. The van der Waals surface area contributed by atoms with Crippen molar-refractivity contribution in [1.82, 2.24) is 0 Å². The molecule has 0 aliphatic heterocycles. The Morgan fingerprint density at radius 3 is 0.821 bits per heavy atom. The summed E-state index contributed by atoms with van der Waals surface area (Å²) in [6, 6.07) is 14.2. The van der Waals surface area contributed by atoms with Crippen molar-refractivity contribution in [2.24, 2.45) is 0 Å². The maximum absolute atomic E-state index is 11.6. The van der Waals surface area contributed by atoms with Crippen LogP contribution in [0.4, 0.5) is 0 Å². The summed E-state index contributed by atoms with van der Waals surface area (Å²) >= 11 is 0. The topological polar surface area (TPSA) is 68.3 Å². The van der Waals surface area contributed by atoms with E-state index in [0.29, 0.717) is 33.0 Å². The van der Waals surface area contributed by atoms with Crippen molar-refractivity contribution in [2.45, 2.75) is 0 Å². The third-order valence-electron chi connectivity index (χ3n) is 5.54.